The molecule has 0 amide bonds. The van der Waals surface area contributed by atoms with Gasteiger partial charge in [0.1, 0.15) is 0 Å². The number of hydrogen-bond donors (Lipinski definition) is 2. The predicted molar refractivity (Wildman–Crippen MR) is 62.5 cm³/mol. The Morgan fingerprint density at radius 3 is 2.24 bits per heavy atom. The molecule has 0 aromatic carbocycles. The van der Waals surface area contributed by atoms with Crippen molar-refractivity contribution in [3.8, 4) is 0 Å². The Morgan fingerprint density at radius 2 is 1.71 bits per heavy atom. The van der Waals surface area contributed by atoms with Gasteiger partial charge in [-0.3, -0.25) is 0 Å². The average molecular weight is 264 g/mol. The molecule has 2 heterocycles. The van der Waals surface area contributed by atoms with E-state index in [2.05, 4.69) is 0 Å². The van der Waals surface area contributed by atoms with Crippen LogP contribution in [0, 0.1) is 0 Å². The highest BCUT2D eigenvalue weighted by Crippen LogP contribution is 2.24. The number of aliphatic hydroxyl groups excluding tert-OH is 2. The number of β-amino-alcohol motifs (C(OH)–C–C–N with tert-alkyl or cyclic N) is 2. The van der Waals surface area contributed by atoms with Gasteiger partial charge < -0.3 is 10.2 Å². The van der Waals surface area contributed by atoms with Crippen molar-refractivity contribution in [1.82, 2.24) is 8.61 Å². The van der Waals surface area contributed by atoms with Gasteiger partial charge in [-0.1, -0.05) is 6.42 Å². The van der Waals surface area contributed by atoms with Crippen LogP contribution in [-0.2, 0) is 10.2 Å². The largest absolute Gasteiger partial charge is 0.389 e. The molecule has 2 aliphatic rings. The Hall–Kier alpha value is -0.210. The van der Waals surface area contributed by atoms with Crippen LogP contribution in [-0.4, -0.2) is 65.1 Å². The van der Waals surface area contributed by atoms with Crippen molar-refractivity contribution in [3.05, 3.63) is 0 Å². The van der Waals surface area contributed by atoms with E-state index in [1.807, 2.05) is 6.92 Å². The molecule has 2 aliphatic heterocycles. The molecule has 0 aromatic rings. The van der Waals surface area contributed by atoms with Gasteiger partial charge in [0, 0.05) is 25.7 Å². The minimum atomic E-state index is -3.53. The van der Waals surface area contributed by atoms with Gasteiger partial charge in [0.2, 0.25) is 0 Å². The fraction of sp³-hybridized carbons (Fsp3) is 1.00. The number of hydrogen-bond acceptors (Lipinski definition) is 4. The van der Waals surface area contributed by atoms with Gasteiger partial charge in [-0.2, -0.15) is 17.0 Å². The van der Waals surface area contributed by atoms with Crippen LogP contribution in [0.2, 0.25) is 0 Å². The molecule has 0 aliphatic carbocycles. The highest BCUT2D eigenvalue weighted by molar-refractivity contribution is 7.86. The Labute approximate surface area is 102 Å². The van der Waals surface area contributed by atoms with Crippen molar-refractivity contribution >= 4 is 10.2 Å². The Bertz CT molecular complexity index is 363. The molecule has 100 valence electrons. The third-order valence-electron chi connectivity index (χ3n) is 3.59. The monoisotopic (exact) mass is 264 g/mol. The molecule has 2 fully saturated rings. The van der Waals surface area contributed by atoms with Crippen LogP contribution < -0.4 is 0 Å². The molecule has 7 heteroatoms. The first-order valence-electron chi connectivity index (χ1n) is 6.06. The lowest BCUT2D eigenvalue weighted by atomic mass is 10.1. The van der Waals surface area contributed by atoms with Gasteiger partial charge in [0.25, 0.3) is 10.2 Å². The van der Waals surface area contributed by atoms with E-state index in [0.717, 1.165) is 19.3 Å². The number of rotatable bonds is 2. The molecule has 2 N–H and O–H groups in total. The zero-order chi connectivity index (χ0) is 12.6. The van der Waals surface area contributed by atoms with Gasteiger partial charge in [0.15, 0.2) is 0 Å². The summed E-state index contributed by atoms with van der Waals surface area (Å²) in [5.41, 5.74) is 0. The molecule has 0 radical (unpaired) electrons. The van der Waals surface area contributed by atoms with Crippen molar-refractivity contribution in [2.75, 3.05) is 19.6 Å². The molecule has 1 unspecified atom stereocenters. The summed E-state index contributed by atoms with van der Waals surface area (Å²) < 4.78 is 27.3. The van der Waals surface area contributed by atoms with Gasteiger partial charge in [-0.25, -0.2) is 0 Å². The summed E-state index contributed by atoms with van der Waals surface area (Å²) in [6.07, 6.45) is 0.869. The molecule has 0 aromatic heterocycles. The highest BCUT2D eigenvalue weighted by Gasteiger charge is 2.41. The molecule has 6 nitrogen and oxygen atoms in total. The van der Waals surface area contributed by atoms with Crippen molar-refractivity contribution < 1.29 is 18.6 Å². The summed E-state index contributed by atoms with van der Waals surface area (Å²) >= 11 is 0. The molecule has 0 bridgehead atoms. The molecule has 2 rings (SSSR count). The van der Waals surface area contributed by atoms with Crippen LogP contribution in [0.15, 0.2) is 0 Å². The van der Waals surface area contributed by atoms with Gasteiger partial charge in [-0.05, 0) is 19.8 Å². The summed E-state index contributed by atoms with van der Waals surface area (Å²) in [6.45, 7) is 2.42. The van der Waals surface area contributed by atoms with Gasteiger partial charge >= 0.3 is 0 Å². The Morgan fingerprint density at radius 1 is 1.12 bits per heavy atom. The highest BCUT2D eigenvalue weighted by atomic mass is 32.2. The summed E-state index contributed by atoms with van der Waals surface area (Å²) in [5.74, 6) is 0. The lowest BCUT2D eigenvalue weighted by molar-refractivity contribution is 0.0572. The zero-order valence-electron chi connectivity index (χ0n) is 9.99. The maximum Gasteiger partial charge on any atom is 0.282 e. The fourth-order valence-electron chi connectivity index (χ4n) is 2.49. The SMILES string of the molecule is CC1CCCCN1S(=O)(=O)N1C[C@@H](O)[C@@H](O)C1. The fourth-order valence-corrected chi connectivity index (χ4v) is 4.39. The van der Waals surface area contributed by atoms with Crippen molar-refractivity contribution in [2.24, 2.45) is 0 Å². The second-order valence-corrected chi connectivity index (χ2v) is 6.80. The van der Waals surface area contributed by atoms with Crippen LogP contribution in [0.3, 0.4) is 0 Å². The number of nitrogens with zero attached hydrogens (tertiary/aromatic N) is 2. The maximum atomic E-state index is 12.3. The topological polar surface area (TPSA) is 81.1 Å². The summed E-state index contributed by atoms with van der Waals surface area (Å²) in [6, 6.07) is 0.00337. The maximum absolute atomic E-state index is 12.3. The van der Waals surface area contributed by atoms with Crippen LogP contribution in [0.25, 0.3) is 0 Å². The molecule has 3 atom stereocenters. The standard InChI is InChI=1S/C10H20N2O4S/c1-8-4-2-3-5-12(8)17(15,16)11-6-9(13)10(14)7-11/h8-10,13-14H,2-7H2,1H3/t8?,9-,10+. The summed E-state index contributed by atoms with van der Waals surface area (Å²) in [5, 5.41) is 18.8. The van der Waals surface area contributed by atoms with E-state index in [4.69, 9.17) is 0 Å². The van der Waals surface area contributed by atoms with Crippen LogP contribution in [0.4, 0.5) is 0 Å². The summed E-state index contributed by atoms with van der Waals surface area (Å²) in [7, 11) is -3.53. The number of piperidine rings is 1. The molecule has 17 heavy (non-hydrogen) atoms. The van der Waals surface area contributed by atoms with Crippen molar-refractivity contribution in [3.63, 3.8) is 0 Å². The first-order valence-corrected chi connectivity index (χ1v) is 7.45. The second kappa shape index (κ2) is 4.81. The minimum Gasteiger partial charge on any atom is -0.389 e. The zero-order valence-corrected chi connectivity index (χ0v) is 10.8. The van der Waals surface area contributed by atoms with Crippen LogP contribution in [0.1, 0.15) is 26.2 Å². The number of aliphatic hydroxyl groups is 2. The Kier molecular flexibility index (Phi) is 3.74. The van der Waals surface area contributed by atoms with Crippen molar-refractivity contribution in [1.29, 1.82) is 0 Å². The molecule has 0 saturated carbocycles. The summed E-state index contributed by atoms with van der Waals surface area (Å²) in [4.78, 5) is 0. The third kappa shape index (κ3) is 2.48. The van der Waals surface area contributed by atoms with Gasteiger partial charge in [-0.15, -0.1) is 0 Å². The second-order valence-electron chi connectivity index (χ2n) is 4.91. The normalized spacial score (nSPS) is 37.5. The third-order valence-corrected chi connectivity index (χ3v) is 5.68. The molecule has 2 saturated heterocycles. The first-order chi connectivity index (χ1) is 7.93. The lowest BCUT2D eigenvalue weighted by Crippen LogP contribution is -2.49. The molecular formula is C10H20N2O4S. The van der Waals surface area contributed by atoms with E-state index in [0.29, 0.717) is 6.54 Å². The predicted octanol–water partition coefficient (Wildman–Crippen LogP) is -0.857. The van der Waals surface area contributed by atoms with E-state index in [1.165, 1.54) is 8.61 Å². The van der Waals surface area contributed by atoms with E-state index < -0.39 is 22.4 Å². The van der Waals surface area contributed by atoms with E-state index in [-0.39, 0.29) is 19.1 Å². The van der Waals surface area contributed by atoms with E-state index >= 15 is 0 Å². The lowest BCUT2D eigenvalue weighted by Gasteiger charge is -2.34. The molecule has 0 spiro atoms. The van der Waals surface area contributed by atoms with E-state index in [9.17, 15) is 18.6 Å². The van der Waals surface area contributed by atoms with Crippen LogP contribution >= 0.6 is 0 Å². The molecular weight excluding hydrogens is 244 g/mol. The average Bonchev–Trinajstić information content (AvgIpc) is 2.60. The van der Waals surface area contributed by atoms with E-state index in [1.54, 1.807) is 0 Å². The quantitative estimate of drug-likeness (QED) is 0.680. The van der Waals surface area contributed by atoms with Crippen molar-refractivity contribution in [2.45, 2.75) is 44.4 Å². The smallest absolute Gasteiger partial charge is 0.282 e. The van der Waals surface area contributed by atoms with Crippen LogP contribution in [0.5, 0.6) is 0 Å². The Balaban J connectivity index is 2.13. The van der Waals surface area contributed by atoms with Gasteiger partial charge in [0.05, 0.1) is 12.2 Å². The minimum absolute atomic E-state index is 0.00337. The first kappa shape index (κ1) is 13.2.